The summed E-state index contributed by atoms with van der Waals surface area (Å²) < 4.78 is 5.14. The average Bonchev–Trinajstić information content (AvgIpc) is 2.47. The molecule has 0 aliphatic heterocycles. The minimum atomic E-state index is -1.09. The summed E-state index contributed by atoms with van der Waals surface area (Å²) in [6, 6.07) is 8.58. The van der Waals surface area contributed by atoms with Gasteiger partial charge in [0.05, 0.1) is 7.11 Å². The highest BCUT2D eigenvalue weighted by atomic mass is 16.5. The lowest BCUT2D eigenvalue weighted by Gasteiger charge is -2.08. The lowest BCUT2D eigenvalue weighted by Crippen LogP contribution is -2.07. The Balaban J connectivity index is 2.51. The second kappa shape index (κ2) is 6.01. The Morgan fingerprint density at radius 2 is 2.15 bits per heavy atom. The first-order chi connectivity index (χ1) is 9.63. The van der Waals surface area contributed by atoms with Crippen LogP contribution in [0.25, 0.3) is 11.4 Å². The molecule has 0 saturated heterocycles. The number of anilines is 1. The van der Waals surface area contributed by atoms with Gasteiger partial charge >= 0.3 is 5.97 Å². The zero-order valence-electron chi connectivity index (χ0n) is 11.3. The standard InChI is InChI=1S/C14H15N3O3/c1-3-15-12-8-11(14(18)19)16-13(17-12)9-5-4-6-10(7-9)20-2/h4-8H,3H2,1-2H3,(H,18,19)(H,15,16,17). The van der Waals surface area contributed by atoms with Crippen LogP contribution in [0.2, 0.25) is 0 Å². The molecule has 104 valence electrons. The molecule has 1 aromatic heterocycles. The molecular formula is C14H15N3O3. The van der Waals surface area contributed by atoms with Crippen molar-refractivity contribution < 1.29 is 14.6 Å². The molecule has 6 nitrogen and oxygen atoms in total. The molecule has 2 rings (SSSR count). The highest BCUT2D eigenvalue weighted by Gasteiger charge is 2.12. The van der Waals surface area contributed by atoms with Crippen LogP contribution in [-0.2, 0) is 0 Å². The number of hydrogen-bond acceptors (Lipinski definition) is 5. The predicted molar refractivity (Wildman–Crippen MR) is 75.1 cm³/mol. The highest BCUT2D eigenvalue weighted by molar-refractivity contribution is 5.87. The van der Waals surface area contributed by atoms with Crippen LogP contribution in [0.5, 0.6) is 5.75 Å². The molecule has 2 aromatic rings. The zero-order chi connectivity index (χ0) is 14.5. The Kier molecular flexibility index (Phi) is 4.14. The van der Waals surface area contributed by atoms with Gasteiger partial charge in [0.15, 0.2) is 11.5 Å². The van der Waals surface area contributed by atoms with Crippen molar-refractivity contribution in [1.29, 1.82) is 0 Å². The van der Waals surface area contributed by atoms with Crippen molar-refractivity contribution in [3.05, 3.63) is 36.0 Å². The van der Waals surface area contributed by atoms with Crippen molar-refractivity contribution in [2.24, 2.45) is 0 Å². The van der Waals surface area contributed by atoms with Gasteiger partial charge < -0.3 is 15.2 Å². The molecule has 0 amide bonds. The minimum absolute atomic E-state index is 0.0474. The number of ether oxygens (including phenoxy) is 1. The van der Waals surface area contributed by atoms with E-state index in [-0.39, 0.29) is 5.69 Å². The van der Waals surface area contributed by atoms with Gasteiger partial charge in [-0.3, -0.25) is 0 Å². The topological polar surface area (TPSA) is 84.3 Å². The monoisotopic (exact) mass is 273 g/mol. The van der Waals surface area contributed by atoms with Crippen molar-refractivity contribution in [2.75, 3.05) is 19.0 Å². The normalized spacial score (nSPS) is 10.1. The van der Waals surface area contributed by atoms with Crippen molar-refractivity contribution in [3.8, 4) is 17.1 Å². The molecule has 0 aliphatic rings. The van der Waals surface area contributed by atoms with Gasteiger partial charge in [0, 0.05) is 18.2 Å². The fraction of sp³-hybridized carbons (Fsp3) is 0.214. The van der Waals surface area contributed by atoms with Crippen LogP contribution >= 0.6 is 0 Å². The summed E-state index contributed by atoms with van der Waals surface area (Å²) in [5.41, 5.74) is 0.653. The van der Waals surface area contributed by atoms with E-state index < -0.39 is 5.97 Å². The number of methoxy groups -OCH3 is 1. The summed E-state index contributed by atoms with van der Waals surface area (Å²) in [6.07, 6.45) is 0. The van der Waals surface area contributed by atoms with E-state index in [2.05, 4.69) is 15.3 Å². The summed E-state index contributed by atoms with van der Waals surface area (Å²) in [7, 11) is 1.57. The molecule has 0 radical (unpaired) electrons. The lowest BCUT2D eigenvalue weighted by molar-refractivity contribution is 0.0690. The largest absolute Gasteiger partial charge is 0.497 e. The van der Waals surface area contributed by atoms with Gasteiger partial charge in [-0.25, -0.2) is 14.8 Å². The fourth-order valence-electron chi connectivity index (χ4n) is 1.72. The van der Waals surface area contributed by atoms with Crippen LogP contribution < -0.4 is 10.1 Å². The third-order valence-electron chi connectivity index (χ3n) is 2.63. The molecule has 20 heavy (non-hydrogen) atoms. The smallest absolute Gasteiger partial charge is 0.354 e. The number of carboxylic acid groups (broad SMARTS) is 1. The molecule has 6 heteroatoms. The molecule has 0 atom stereocenters. The molecular weight excluding hydrogens is 258 g/mol. The molecule has 0 aliphatic carbocycles. The Morgan fingerprint density at radius 1 is 1.35 bits per heavy atom. The first-order valence-electron chi connectivity index (χ1n) is 6.14. The van der Waals surface area contributed by atoms with E-state index >= 15 is 0 Å². The van der Waals surface area contributed by atoms with Crippen molar-refractivity contribution in [3.63, 3.8) is 0 Å². The number of aromatic carboxylic acids is 1. The van der Waals surface area contributed by atoms with E-state index in [4.69, 9.17) is 9.84 Å². The van der Waals surface area contributed by atoms with Crippen molar-refractivity contribution >= 4 is 11.8 Å². The van der Waals surface area contributed by atoms with Gasteiger partial charge in [-0.2, -0.15) is 0 Å². The molecule has 0 unspecified atom stereocenters. The van der Waals surface area contributed by atoms with Crippen LogP contribution in [0.1, 0.15) is 17.4 Å². The number of benzene rings is 1. The fourth-order valence-corrected chi connectivity index (χ4v) is 1.72. The van der Waals surface area contributed by atoms with Crippen molar-refractivity contribution in [2.45, 2.75) is 6.92 Å². The van der Waals surface area contributed by atoms with Crippen LogP contribution in [0, 0.1) is 0 Å². The maximum absolute atomic E-state index is 11.1. The first-order valence-corrected chi connectivity index (χ1v) is 6.14. The molecule has 0 fully saturated rings. The third-order valence-corrected chi connectivity index (χ3v) is 2.63. The van der Waals surface area contributed by atoms with Crippen LogP contribution in [0.3, 0.4) is 0 Å². The number of hydrogen-bond donors (Lipinski definition) is 2. The third kappa shape index (κ3) is 3.03. The van der Waals surface area contributed by atoms with Crippen LogP contribution in [-0.4, -0.2) is 34.7 Å². The second-order valence-electron chi connectivity index (χ2n) is 4.03. The maximum atomic E-state index is 11.1. The van der Waals surface area contributed by atoms with Gasteiger partial charge in [0.1, 0.15) is 11.6 Å². The summed E-state index contributed by atoms with van der Waals surface area (Å²) in [5.74, 6) is 0.407. The quantitative estimate of drug-likeness (QED) is 0.869. The number of nitrogens with zero attached hydrogens (tertiary/aromatic N) is 2. The number of aromatic nitrogens is 2. The number of rotatable bonds is 5. The highest BCUT2D eigenvalue weighted by Crippen LogP contribution is 2.22. The SMILES string of the molecule is CCNc1cc(C(=O)O)nc(-c2cccc(OC)c2)n1. The van der Waals surface area contributed by atoms with E-state index in [0.717, 1.165) is 0 Å². The second-order valence-corrected chi connectivity index (χ2v) is 4.03. The van der Waals surface area contributed by atoms with Gasteiger partial charge in [-0.1, -0.05) is 12.1 Å². The Hall–Kier alpha value is -2.63. The molecule has 1 heterocycles. The average molecular weight is 273 g/mol. The van der Waals surface area contributed by atoms with Crippen molar-refractivity contribution in [1.82, 2.24) is 9.97 Å². The molecule has 0 spiro atoms. The van der Waals surface area contributed by atoms with E-state index in [0.29, 0.717) is 29.5 Å². The van der Waals surface area contributed by atoms with Gasteiger partial charge in [-0.05, 0) is 19.1 Å². The summed E-state index contributed by atoms with van der Waals surface area (Å²) in [6.45, 7) is 2.56. The Labute approximate surface area is 116 Å². The Bertz CT molecular complexity index is 629. The maximum Gasteiger partial charge on any atom is 0.354 e. The van der Waals surface area contributed by atoms with Crippen LogP contribution in [0.15, 0.2) is 30.3 Å². The number of nitrogens with one attached hydrogen (secondary N) is 1. The summed E-state index contributed by atoms with van der Waals surface area (Å²) >= 11 is 0. The summed E-state index contributed by atoms with van der Waals surface area (Å²) in [5, 5.41) is 12.1. The molecule has 1 aromatic carbocycles. The van der Waals surface area contributed by atoms with E-state index in [9.17, 15) is 4.79 Å². The molecule has 0 bridgehead atoms. The minimum Gasteiger partial charge on any atom is -0.497 e. The van der Waals surface area contributed by atoms with E-state index in [1.807, 2.05) is 6.92 Å². The molecule has 2 N–H and O–H groups in total. The predicted octanol–water partition coefficient (Wildman–Crippen LogP) is 2.28. The zero-order valence-corrected chi connectivity index (χ0v) is 11.3. The molecule has 0 saturated carbocycles. The van der Waals surface area contributed by atoms with Gasteiger partial charge in [-0.15, -0.1) is 0 Å². The lowest BCUT2D eigenvalue weighted by atomic mass is 10.2. The Morgan fingerprint density at radius 3 is 2.80 bits per heavy atom. The van der Waals surface area contributed by atoms with Gasteiger partial charge in [0.25, 0.3) is 0 Å². The van der Waals surface area contributed by atoms with Crippen LogP contribution in [0.4, 0.5) is 5.82 Å². The number of carbonyl (C=O) groups is 1. The number of carboxylic acids is 1. The van der Waals surface area contributed by atoms with E-state index in [1.54, 1.807) is 31.4 Å². The summed E-state index contributed by atoms with van der Waals surface area (Å²) in [4.78, 5) is 19.5. The van der Waals surface area contributed by atoms with Gasteiger partial charge in [0.2, 0.25) is 0 Å². The van der Waals surface area contributed by atoms with E-state index in [1.165, 1.54) is 6.07 Å². The first kappa shape index (κ1) is 13.8.